The number of rotatable bonds is 4. The molecule has 5 nitrogen and oxygen atoms in total. The summed E-state index contributed by atoms with van der Waals surface area (Å²) in [4.78, 5) is -0.229. The first-order valence-electron chi connectivity index (χ1n) is 7.35. The number of aliphatic hydroxyl groups excluding tert-OH is 1. The molecule has 0 unspecified atom stereocenters. The number of nitriles is 1. The van der Waals surface area contributed by atoms with E-state index in [1.807, 2.05) is 12.1 Å². The van der Waals surface area contributed by atoms with E-state index >= 15 is 0 Å². The van der Waals surface area contributed by atoms with Gasteiger partial charge in [-0.15, -0.1) is 0 Å². The minimum Gasteiger partial charge on any atom is -0.395 e. The Morgan fingerprint density at radius 3 is 2.46 bits per heavy atom. The van der Waals surface area contributed by atoms with E-state index in [1.165, 1.54) is 12.1 Å². The van der Waals surface area contributed by atoms with Crippen molar-refractivity contribution in [3.8, 4) is 6.07 Å². The molecule has 1 saturated heterocycles. The van der Waals surface area contributed by atoms with Gasteiger partial charge in [0.2, 0.25) is 10.0 Å². The normalized spacial score (nSPS) is 24.1. The molecular formula is C17H15FN2O3S. The lowest BCUT2D eigenvalue weighted by molar-refractivity contribution is 0.0556. The van der Waals surface area contributed by atoms with Crippen molar-refractivity contribution in [1.29, 1.82) is 5.26 Å². The third-order valence-electron chi connectivity index (χ3n) is 4.23. The molecule has 1 aliphatic rings. The Balaban J connectivity index is 2.01. The van der Waals surface area contributed by atoms with Crippen LogP contribution in [0.5, 0.6) is 0 Å². The molecular weight excluding hydrogens is 331 g/mol. The second kappa shape index (κ2) is 6.32. The SMILES string of the molecule is N#C[C@@H]1[C@@H](c2ccccc2)[C@H](CO)N1S(=O)(=O)c1cccc(F)c1. The molecule has 0 saturated carbocycles. The van der Waals surface area contributed by atoms with Crippen LogP contribution in [0, 0.1) is 17.1 Å². The highest BCUT2D eigenvalue weighted by atomic mass is 32.2. The number of aliphatic hydroxyl groups is 1. The van der Waals surface area contributed by atoms with Crippen molar-refractivity contribution in [2.75, 3.05) is 6.61 Å². The van der Waals surface area contributed by atoms with E-state index in [0.29, 0.717) is 0 Å². The molecule has 0 amide bonds. The Labute approximate surface area is 139 Å². The highest BCUT2D eigenvalue weighted by molar-refractivity contribution is 7.89. The van der Waals surface area contributed by atoms with Crippen molar-refractivity contribution in [3.63, 3.8) is 0 Å². The van der Waals surface area contributed by atoms with E-state index in [4.69, 9.17) is 0 Å². The Hall–Kier alpha value is -2.27. The summed E-state index contributed by atoms with van der Waals surface area (Å²) in [6.45, 7) is -0.424. The zero-order valence-corrected chi connectivity index (χ0v) is 13.4. The molecule has 124 valence electrons. The van der Waals surface area contributed by atoms with Gasteiger partial charge in [-0.1, -0.05) is 36.4 Å². The third kappa shape index (κ3) is 2.59. The van der Waals surface area contributed by atoms with Gasteiger partial charge in [0, 0.05) is 5.92 Å². The second-order valence-corrected chi connectivity index (χ2v) is 7.40. The summed E-state index contributed by atoms with van der Waals surface area (Å²) in [5, 5.41) is 19.1. The number of halogens is 1. The standard InChI is InChI=1S/C17H15FN2O3S/c18-13-7-4-8-14(9-13)24(22,23)20-15(10-19)17(16(20)11-21)12-5-2-1-3-6-12/h1-9,15-17,21H,11H2/t15-,16+,17-/m1/s1. The predicted molar refractivity (Wildman–Crippen MR) is 84.9 cm³/mol. The lowest BCUT2D eigenvalue weighted by atomic mass is 9.78. The topological polar surface area (TPSA) is 81.4 Å². The third-order valence-corrected chi connectivity index (χ3v) is 6.13. The van der Waals surface area contributed by atoms with Gasteiger partial charge in [0.15, 0.2) is 0 Å². The second-order valence-electron chi connectivity index (χ2n) is 5.55. The molecule has 2 aromatic rings. The highest BCUT2D eigenvalue weighted by Crippen LogP contribution is 2.43. The van der Waals surface area contributed by atoms with Gasteiger partial charge >= 0.3 is 0 Å². The van der Waals surface area contributed by atoms with Gasteiger partial charge in [0.25, 0.3) is 0 Å². The molecule has 1 N–H and O–H groups in total. The van der Waals surface area contributed by atoms with Crippen molar-refractivity contribution >= 4 is 10.0 Å². The Kier molecular flexibility index (Phi) is 4.37. The molecule has 2 aromatic carbocycles. The lowest BCUT2D eigenvalue weighted by Gasteiger charge is -2.50. The van der Waals surface area contributed by atoms with Gasteiger partial charge in [-0.2, -0.15) is 9.57 Å². The predicted octanol–water partition coefficient (Wildman–Crippen LogP) is 1.87. The number of sulfonamides is 1. The summed E-state index contributed by atoms with van der Waals surface area (Å²) < 4.78 is 39.9. The molecule has 1 heterocycles. The average molecular weight is 346 g/mol. The molecule has 24 heavy (non-hydrogen) atoms. The summed E-state index contributed by atoms with van der Waals surface area (Å²) in [7, 11) is -4.08. The van der Waals surface area contributed by atoms with Gasteiger partial charge in [0.05, 0.1) is 23.6 Å². The van der Waals surface area contributed by atoms with Crippen LogP contribution in [0.3, 0.4) is 0 Å². The van der Waals surface area contributed by atoms with Crippen LogP contribution in [0.2, 0.25) is 0 Å². The first kappa shape index (κ1) is 16.6. The van der Waals surface area contributed by atoms with Gasteiger partial charge in [-0.3, -0.25) is 0 Å². The van der Waals surface area contributed by atoms with Crippen LogP contribution < -0.4 is 0 Å². The highest BCUT2D eigenvalue weighted by Gasteiger charge is 2.55. The van der Waals surface area contributed by atoms with Crippen LogP contribution in [0.15, 0.2) is 59.5 Å². The smallest absolute Gasteiger partial charge is 0.244 e. The van der Waals surface area contributed by atoms with Crippen molar-refractivity contribution in [1.82, 2.24) is 4.31 Å². The minimum atomic E-state index is -4.08. The Morgan fingerprint density at radius 1 is 1.17 bits per heavy atom. The van der Waals surface area contributed by atoms with E-state index in [2.05, 4.69) is 0 Å². The summed E-state index contributed by atoms with van der Waals surface area (Å²) in [5.74, 6) is -1.10. The fourth-order valence-corrected chi connectivity index (χ4v) is 4.91. The summed E-state index contributed by atoms with van der Waals surface area (Å²) in [5.41, 5.74) is 0.786. The monoisotopic (exact) mass is 346 g/mol. The number of benzene rings is 2. The van der Waals surface area contributed by atoms with Crippen molar-refractivity contribution in [2.24, 2.45) is 0 Å². The van der Waals surface area contributed by atoms with E-state index in [9.17, 15) is 23.2 Å². The zero-order chi connectivity index (χ0) is 17.3. The number of hydrogen-bond acceptors (Lipinski definition) is 4. The minimum absolute atomic E-state index is 0.229. The summed E-state index contributed by atoms with van der Waals surface area (Å²) in [6, 6.07) is 13.9. The van der Waals surface area contributed by atoms with E-state index in [1.54, 1.807) is 24.3 Å². The molecule has 0 aromatic heterocycles. The lowest BCUT2D eigenvalue weighted by Crippen LogP contribution is -2.65. The van der Waals surface area contributed by atoms with E-state index in [0.717, 1.165) is 22.0 Å². The maximum absolute atomic E-state index is 13.4. The molecule has 0 radical (unpaired) electrons. The first-order chi connectivity index (χ1) is 11.5. The van der Waals surface area contributed by atoms with Gasteiger partial charge in [-0.05, 0) is 23.8 Å². The fourth-order valence-electron chi connectivity index (χ4n) is 3.12. The quantitative estimate of drug-likeness (QED) is 0.916. The molecule has 0 spiro atoms. The van der Waals surface area contributed by atoms with Gasteiger partial charge < -0.3 is 5.11 Å². The summed E-state index contributed by atoms with van der Waals surface area (Å²) >= 11 is 0. The molecule has 3 atom stereocenters. The molecule has 1 fully saturated rings. The van der Waals surface area contributed by atoms with Crippen LogP contribution in [0.25, 0.3) is 0 Å². The number of nitrogens with zero attached hydrogens (tertiary/aromatic N) is 2. The van der Waals surface area contributed by atoms with Crippen LogP contribution in [0.4, 0.5) is 4.39 Å². The van der Waals surface area contributed by atoms with Crippen molar-refractivity contribution in [2.45, 2.75) is 22.9 Å². The van der Waals surface area contributed by atoms with Gasteiger partial charge in [-0.25, -0.2) is 12.8 Å². The average Bonchev–Trinajstić information content (AvgIpc) is 2.55. The van der Waals surface area contributed by atoms with Crippen LogP contribution >= 0.6 is 0 Å². The van der Waals surface area contributed by atoms with Crippen molar-refractivity contribution in [3.05, 3.63) is 66.0 Å². The van der Waals surface area contributed by atoms with Crippen LogP contribution in [-0.2, 0) is 10.0 Å². The first-order valence-corrected chi connectivity index (χ1v) is 8.79. The summed E-state index contributed by atoms with van der Waals surface area (Å²) in [6.07, 6.45) is 0. The Bertz CT molecular complexity index is 880. The Morgan fingerprint density at radius 2 is 1.88 bits per heavy atom. The zero-order valence-electron chi connectivity index (χ0n) is 12.6. The maximum Gasteiger partial charge on any atom is 0.244 e. The van der Waals surface area contributed by atoms with E-state index < -0.39 is 40.4 Å². The molecule has 0 aliphatic carbocycles. The van der Waals surface area contributed by atoms with Crippen LogP contribution in [0.1, 0.15) is 11.5 Å². The molecule has 0 bridgehead atoms. The molecule has 3 rings (SSSR count). The number of hydrogen-bond donors (Lipinski definition) is 1. The molecule has 7 heteroatoms. The maximum atomic E-state index is 13.4. The van der Waals surface area contributed by atoms with Crippen molar-refractivity contribution < 1.29 is 17.9 Å². The largest absolute Gasteiger partial charge is 0.395 e. The fraction of sp³-hybridized carbons (Fsp3) is 0.235. The molecule has 1 aliphatic heterocycles. The van der Waals surface area contributed by atoms with Gasteiger partial charge in [0.1, 0.15) is 11.9 Å². The van der Waals surface area contributed by atoms with Crippen LogP contribution in [-0.4, -0.2) is 36.5 Å². The van der Waals surface area contributed by atoms with E-state index in [-0.39, 0.29) is 4.90 Å².